The van der Waals surface area contributed by atoms with Crippen molar-refractivity contribution in [3.63, 3.8) is 0 Å². The first-order valence-corrected chi connectivity index (χ1v) is 7.12. The number of benzene rings is 2. The van der Waals surface area contributed by atoms with Crippen LogP contribution < -0.4 is 5.06 Å². The Labute approximate surface area is 129 Å². The molecule has 0 saturated carbocycles. The van der Waals surface area contributed by atoms with Crippen LogP contribution in [0.15, 0.2) is 72.3 Å². The predicted molar refractivity (Wildman–Crippen MR) is 84.2 cm³/mol. The monoisotopic (exact) mass is 295 g/mol. The Kier molecular flexibility index (Phi) is 4.21. The number of esters is 1. The molecule has 0 aromatic heterocycles. The molecule has 0 amide bonds. The molecule has 112 valence electrons. The standard InChI is InChI=1S/C18H17NO3/c1-21-18(20)16-12-13-22-19(15-10-6-3-7-11-15)17(16)14-8-4-2-5-9-14/h2-12,17H,13H2,1H3/t17-/m1/s1. The fraction of sp³-hybridized carbons (Fsp3) is 0.167. The van der Waals surface area contributed by atoms with Gasteiger partial charge in [-0.2, -0.15) is 0 Å². The van der Waals surface area contributed by atoms with E-state index in [0.29, 0.717) is 12.2 Å². The van der Waals surface area contributed by atoms with Crippen LogP contribution in [0.3, 0.4) is 0 Å². The minimum atomic E-state index is -0.335. The van der Waals surface area contributed by atoms with Crippen LogP contribution in [0.1, 0.15) is 11.6 Å². The minimum absolute atomic E-state index is 0.329. The van der Waals surface area contributed by atoms with Crippen molar-refractivity contribution in [2.75, 3.05) is 18.8 Å². The summed E-state index contributed by atoms with van der Waals surface area (Å²) in [7, 11) is 1.40. The summed E-state index contributed by atoms with van der Waals surface area (Å²) < 4.78 is 4.94. The van der Waals surface area contributed by atoms with E-state index in [2.05, 4.69) is 0 Å². The van der Waals surface area contributed by atoms with Gasteiger partial charge >= 0.3 is 5.97 Å². The van der Waals surface area contributed by atoms with Gasteiger partial charge in [0.2, 0.25) is 0 Å². The number of hydrogen-bond acceptors (Lipinski definition) is 4. The van der Waals surface area contributed by atoms with Crippen LogP contribution in [0.4, 0.5) is 5.69 Å². The lowest BCUT2D eigenvalue weighted by molar-refractivity contribution is -0.137. The van der Waals surface area contributed by atoms with Gasteiger partial charge in [-0.15, -0.1) is 0 Å². The molecule has 0 bridgehead atoms. The van der Waals surface area contributed by atoms with Crippen LogP contribution in [0, 0.1) is 0 Å². The zero-order chi connectivity index (χ0) is 15.4. The molecule has 0 saturated heterocycles. The molecule has 1 aliphatic rings. The van der Waals surface area contributed by atoms with Gasteiger partial charge in [0, 0.05) is 0 Å². The molecule has 22 heavy (non-hydrogen) atoms. The fourth-order valence-corrected chi connectivity index (χ4v) is 2.58. The summed E-state index contributed by atoms with van der Waals surface area (Å²) in [6, 6.07) is 19.2. The van der Waals surface area contributed by atoms with Crippen molar-refractivity contribution in [1.82, 2.24) is 0 Å². The van der Waals surface area contributed by atoms with Gasteiger partial charge in [-0.25, -0.2) is 9.86 Å². The van der Waals surface area contributed by atoms with Crippen molar-refractivity contribution in [3.8, 4) is 0 Å². The molecule has 0 radical (unpaired) electrons. The van der Waals surface area contributed by atoms with Crippen LogP contribution in [0.5, 0.6) is 0 Å². The lowest BCUT2D eigenvalue weighted by atomic mass is 9.96. The van der Waals surface area contributed by atoms with Crippen LogP contribution in [0.25, 0.3) is 0 Å². The lowest BCUT2D eigenvalue weighted by Crippen LogP contribution is -2.36. The van der Waals surface area contributed by atoms with Gasteiger partial charge in [0.25, 0.3) is 0 Å². The summed E-state index contributed by atoms with van der Waals surface area (Å²) in [5.74, 6) is -0.335. The smallest absolute Gasteiger partial charge is 0.336 e. The highest BCUT2D eigenvalue weighted by atomic mass is 16.7. The Morgan fingerprint density at radius 3 is 2.36 bits per heavy atom. The number of carbonyl (C=O) groups excluding carboxylic acids is 1. The zero-order valence-electron chi connectivity index (χ0n) is 12.3. The second kappa shape index (κ2) is 6.45. The fourth-order valence-electron chi connectivity index (χ4n) is 2.58. The molecule has 0 unspecified atom stereocenters. The van der Waals surface area contributed by atoms with Crippen LogP contribution in [0.2, 0.25) is 0 Å². The maximum absolute atomic E-state index is 12.2. The molecule has 1 atom stereocenters. The molecule has 2 aromatic rings. The van der Waals surface area contributed by atoms with Gasteiger partial charge in [0.05, 0.1) is 25.0 Å². The average molecular weight is 295 g/mol. The molecule has 3 rings (SSSR count). The summed E-state index contributed by atoms with van der Waals surface area (Å²) >= 11 is 0. The highest BCUT2D eigenvalue weighted by Crippen LogP contribution is 2.36. The molecule has 0 fully saturated rings. The topological polar surface area (TPSA) is 38.8 Å². The first-order chi connectivity index (χ1) is 10.8. The Hall–Kier alpha value is -2.59. The minimum Gasteiger partial charge on any atom is -0.466 e. The van der Waals surface area contributed by atoms with E-state index in [4.69, 9.17) is 9.57 Å². The van der Waals surface area contributed by atoms with E-state index in [1.165, 1.54) is 7.11 Å². The molecule has 4 heteroatoms. The summed E-state index contributed by atoms with van der Waals surface area (Å²) in [6.07, 6.45) is 1.78. The summed E-state index contributed by atoms with van der Waals surface area (Å²) in [5.41, 5.74) is 2.46. The molecular formula is C18H17NO3. The number of hydrogen-bond donors (Lipinski definition) is 0. The van der Waals surface area contributed by atoms with E-state index in [0.717, 1.165) is 11.3 Å². The number of nitrogens with zero attached hydrogens (tertiary/aromatic N) is 1. The maximum Gasteiger partial charge on any atom is 0.336 e. The van der Waals surface area contributed by atoms with Crippen LogP contribution in [-0.4, -0.2) is 19.7 Å². The van der Waals surface area contributed by atoms with E-state index >= 15 is 0 Å². The lowest BCUT2D eigenvalue weighted by Gasteiger charge is -2.36. The molecule has 1 aliphatic heterocycles. The van der Waals surface area contributed by atoms with Gasteiger partial charge in [-0.3, -0.25) is 4.84 Å². The highest BCUT2D eigenvalue weighted by molar-refractivity contribution is 5.91. The molecule has 0 aliphatic carbocycles. The van der Waals surface area contributed by atoms with Crippen molar-refractivity contribution in [2.45, 2.75) is 6.04 Å². The number of ether oxygens (including phenoxy) is 1. The summed E-state index contributed by atoms with van der Waals surface area (Å²) in [4.78, 5) is 18.0. The first-order valence-electron chi connectivity index (χ1n) is 7.12. The Morgan fingerprint density at radius 2 is 1.73 bits per heavy atom. The van der Waals surface area contributed by atoms with Crippen LogP contribution in [-0.2, 0) is 14.4 Å². The number of para-hydroxylation sites is 1. The molecule has 4 nitrogen and oxygen atoms in total. The number of anilines is 1. The third-order valence-electron chi connectivity index (χ3n) is 3.59. The zero-order valence-corrected chi connectivity index (χ0v) is 12.3. The first kappa shape index (κ1) is 14.4. The SMILES string of the molecule is COC(=O)C1=CCON(c2ccccc2)[C@@H]1c1ccccc1. The quantitative estimate of drug-likeness (QED) is 0.815. The molecule has 0 spiro atoms. The average Bonchev–Trinajstić information content (AvgIpc) is 2.62. The molecular weight excluding hydrogens is 278 g/mol. The normalized spacial score (nSPS) is 17.8. The second-order valence-corrected chi connectivity index (χ2v) is 4.92. The van der Waals surface area contributed by atoms with Gasteiger partial charge in [-0.1, -0.05) is 48.5 Å². The van der Waals surface area contributed by atoms with E-state index in [9.17, 15) is 4.79 Å². The third-order valence-corrected chi connectivity index (χ3v) is 3.59. The number of methoxy groups -OCH3 is 1. The predicted octanol–water partition coefficient (Wildman–Crippen LogP) is 3.28. The van der Waals surface area contributed by atoms with Gasteiger partial charge in [0.15, 0.2) is 0 Å². The molecule has 2 aromatic carbocycles. The van der Waals surface area contributed by atoms with Crippen molar-refractivity contribution in [1.29, 1.82) is 0 Å². The third kappa shape index (κ3) is 2.73. The van der Waals surface area contributed by atoms with Crippen molar-refractivity contribution in [3.05, 3.63) is 77.9 Å². The molecule has 0 N–H and O–H groups in total. The Balaban J connectivity index is 2.06. The van der Waals surface area contributed by atoms with Gasteiger partial charge in [0.1, 0.15) is 6.04 Å². The van der Waals surface area contributed by atoms with E-state index in [1.54, 1.807) is 11.1 Å². The van der Waals surface area contributed by atoms with Crippen molar-refractivity contribution >= 4 is 11.7 Å². The summed E-state index contributed by atoms with van der Waals surface area (Å²) in [5, 5.41) is 1.77. The number of rotatable bonds is 3. The Bertz CT molecular complexity index is 667. The maximum atomic E-state index is 12.2. The van der Waals surface area contributed by atoms with E-state index < -0.39 is 0 Å². The number of hydroxylamine groups is 1. The molecule has 1 heterocycles. The van der Waals surface area contributed by atoms with Gasteiger partial charge in [-0.05, 0) is 23.8 Å². The summed E-state index contributed by atoms with van der Waals surface area (Å²) in [6.45, 7) is 0.336. The largest absolute Gasteiger partial charge is 0.466 e. The Morgan fingerprint density at radius 1 is 1.09 bits per heavy atom. The van der Waals surface area contributed by atoms with E-state index in [-0.39, 0.29) is 12.0 Å². The van der Waals surface area contributed by atoms with Crippen molar-refractivity contribution < 1.29 is 14.4 Å². The number of carbonyl (C=O) groups is 1. The highest BCUT2D eigenvalue weighted by Gasteiger charge is 2.33. The van der Waals surface area contributed by atoms with Gasteiger partial charge < -0.3 is 4.74 Å². The van der Waals surface area contributed by atoms with Crippen molar-refractivity contribution in [2.24, 2.45) is 0 Å². The van der Waals surface area contributed by atoms with Crippen LogP contribution >= 0.6 is 0 Å². The second-order valence-electron chi connectivity index (χ2n) is 4.92. The van der Waals surface area contributed by atoms with E-state index in [1.807, 2.05) is 60.7 Å².